The van der Waals surface area contributed by atoms with E-state index in [1.807, 2.05) is 20.8 Å². The highest BCUT2D eigenvalue weighted by Crippen LogP contribution is 2.25. The molecule has 0 radical (unpaired) electrons. The number of hydrogen-bond donors (Lipinski definition) is 2. The van der Waals surface area contributed by atoms with Crippen molar-refractivity contribution in [3.8, 4) is 0 Å². The van der Waals surface area contributed by atoms with E-state index < -0.39 is 11.7 Å². The third-order valence-corrected chi connectivity index (χ3v) is 3.11. The highest BCUT2D eigenvalue weighted by atomic mass is 16.6. The number of carbonyl (C=O) groups is 1. The number of amides is 1. The first kappa shape index (κ1) is 15.2. The molecule has 5 nitrogen and oxygen atoms in total. The molecule has 0 aromatic rings. The summed E-state index contributed by atoms with van der Waals surface area (Å²) in [6, 6.07) is 0. The zero-order valence-corrected chi connectivity index (χ0v) is 11.9. The topological polar surface area (TPSA) is 75.8 Å². The van der Waals surface area contributed by atoms with Crippen molar-refractivity contribution in [1.82, 2.24) is 4.90 Å². The molecular weight excluding hydrogens is 232 g/mol. The normalized spacial score (nSPS) is 21.6. The number of piperidine rings is 1. The highest BCUT2D eigenvalue weighted by Gasteiger charge is 2.34. The Morgan fingerprint density at radius 1 is 1.44 bits per heavy atom. The lowest BCUT2D eigenvalue weighted by molar-refractivity contribution is 0.0142. The van der Waals surface area contributed by atoms with Gasteiger partial charge in [-0.05, 0) is 47.0 Å². The minimum Gasteiger partial charge on any atom is -0.444 e. The van der Waals surface area contributed by atoms with Crippen LogP contribution in [-0.2, 0) is 4.74 Å². The number of nitrogens with zero attached hydrogens (tertiary/aromatic N) is 1. The predicted molar refractivity (Wildman–Crippen MR) is 70.3 cm³/mol. The minimum absolute atomic E-state index is 0.276. The Morgan fingerprint density at radius 2 is 1.94 bits per heavy atom. The molecule has 1 amide bonds. The molecule has 106 valence electrons. The predicted octanol–water partition coefficient (Wildman–Crippen LogP) is 1.49. The number of aliphatic hydroxyl groups excluding tert-OH is 1. The van der Waals surface area contributed by atoms with Crippen molar-refractivity contribution in [3.05, 3.63) is 0 Å². The molecule has 1 atom stereocenters. The first-order valence-corrected chi connectivity index (χ1v) is 6.56. The molecule has 0 bridgehead atoms. The van der Waals surface area contributed by atoms with Gasteiger partial charge >= 0.3 is 6.09 Å². The van der Waals surface area contributed by atoms with Crippen LogP contribution in [0.4, 0.5) is 4.79 Å². The van der Waals surface area contributed by atoms with E-state index in [0.29, 0.717) is 32.4 Å². The maximum Gasteiger partial charge on any atom is 0.410 e. The second-order valence-corrected chi connectivity index (χ2v) is 6.38. The summed E-state index contributed by atoms with van der Waals surface area (Å²) in [6.45, 7) is 8.51. The van der Waals surface area contributed by atoms with E-state index in [1.165, 1.54) is 0 Å². The number of hydrogen-bond acceptors (Lipinski definition) is 4. The van der Waals surface area contributed by atoms with Gasteiger partial charge < -0.3 is 20.5 Å². The summed E-state index contributed by atoms with van der Waals surface area (Å²) in [5, 5.41) is 9.41. The van der Waals surface area contributed by atoms with Crippen molar-refractivity contribution < 1.29 is 14.6 Å². The highest BCUT2D eigenvalue weighted by molar-refractivity contribution is 5.68. The van der Waals surface area contributed by atoms with Gasteiger partial charge in [-0.3, -0.25) is 0 Å². The van der Waals surface area contributed by atoms with Gasteiger partial charge in [0.2, 0.25) is 0 Å². The fraction of sp³-hybridized carbons (Fsp3) is 0.923. The van der Waals surface area contributed by atoms with E-state index in [9.17, 15) is 9.90 Å². The Labute approximate surface area is 109 Å². The first-order chi connectivity index (χ1) is 8.11. The second-order valence-electron chi connectivity index (χ2n) is 6.38. The van der Waals surface area contributed by atoms with E-state index in [2.05, 4.69) is 0 Å². The van der Waals surface area contributed by atoms with Gasteiger partial charge in [0, 0.05) is 18.6 Å². The molecule has 1 unspecified atom stereocenters. The zero-order chi connectivity index (χ0) is 14.0. The average Bonchev–Trinajstić information content (AvgIpc) is 2.13. The summed E-state index contributed by atoms with van der Waals surface area (Å²) in [5.41, 5.74) is 5.39. The smallest absolute Gasteiger partial charge is 0.410 e. The van der Waals surface area contributed by atoms with Crippen LogP contribution in [0.25, 0.3) is 0 Å². The van der Waals surface area contributed by atoms with Crippen LogP contribution >= 0.6 is 0 Å². The van der Waals surface area contributed by atoms with E-state index in [1.54, 1.807) is 11.8 Å². The molecule has 0 aliphatic carbocycles. The maximum atomic E-state index is 11.9. The number of carbonyl (C=O) groups excluding carboxylic acids is 1. The van der Waals surface area contributed by atoms with E-state index in [0.717, 1.165) is 0 Å². The second kappa shape index (κ2) is 5.45. The summed E-state index contributed by atoms with van der Waals surface area (Å²) >= 11 is 0. The molecule has 1 saturated heterocycles. The molecule has 18 heavy (non-hydrogen) atoms. The van der Waals surface area contributed by atoms with Crippen LogP contribution in [0.5, 0.6) is 0 Å². The summed E-state index contributed by atoms with van der Waals surface area (Å²) < 4.78 is 5.32. The van der Waals surface area contributed by atoms with Crippen molar-refractivity contribution in [2.24, 2.45) is 5.73 Å². The van der Waals surface area contributed by atoms with E-state index >= 15 is 0 Å². The molecule has 1 aliphatic rings. The minimum atomic E-state index is -0.464. The molecule has 1 fully saturated rings. The monoisotopic (exact) mass is 258 g/mol. The van der Waals surface area contributed by atoms with Crippen LogP contribution in [0.3, 0.4) is 0 Å². The number of nitrogens with two attached hydrogens (primary N) is 1. The molecule has 0 aromatic carbocycles. The summed E-state index contributed by atoms with van der Waals surface area (Å²) in [7, 11) is 0. The van der Waals surface area contributed by atoms with E-state index in [4.69, 9.17) is 10.5 Å². The lowest BCUT2D eigenvalue weighted by Gasteiger charge is -2.40. The molecule has 1 rings (SSSR count). The lowest BCUT2D eigenvalue weighted by Crippen LogP contribution is -2.53. The van der Waals surface area contributed by atoms with Gasteiger partial charge in [0.15, 0.2) is 0 Å². The van der Waals surface area contributed by atoms with Crippen molar-refractivity contribution in [3.63, 3.8) is 0 Å². The summed E-state index contributed by atoms with van der Waals surface area (Å²) in [6.07, 6.45) is 1.31. The third-order valence-electron chi connectivity index (χ3n) is 3.11. The summed E-state index contributed by atoms with van der Waals surface area (Å²) in [5.74, 6) is 0. The quantitative estimate of drug-likeness (QED) is 0.786. The first-order valence-electron chi connectivity index (χ1n) is 6.56. The molecule has 0 saturated carbocycles. The number of aliphatic hydroxyl groups is 1. The van der Waals surface area contributed by atoms with Crippen LogP contribution in [0.15, 0.2) is 0 Å². The van der Waals surface area contributed by atoms with Gasteiger partial charge in [-0.15, -0.1) is 0 Å². The van der Waals surface area contributed by atoms with Gasteiger partial charge in [0.25, 0.3) is 0 Å². The fourth-order valence-electron chi connectivity index (χ4n) is 2.25. The standard InChI is InChI=1S/C13H26N2O3/c1-10(16)9-13(14)5-7-15(8-6-13)11(17)18-12(2,3)4/h10,16H,5-9,14H2,1-4H3. The van der Waals surface area contributed by atoms with Gasteiger partial charge in [0.1, 0.15) is 5.60 Å². The maximum absolute atomic E-state index is 11.9. The van der Waals surface area contributed by atoms with Crippen LogP contribution in [-0.4, -0.2) is 46.4 Å². The Morgan fingerprint density at radius 3 is 2.33 bits per heavy atom. The molecule has 0 spiro atoms. The molecule has 5 heteroatoms. The Bertz CT molecular complexity index is 289. The van der Waals surface area contributed by atoms with Gasteiger partial charge in [-0.1, -0.05) is 0 Å². The van der Waals surface area contributed by atoms with Crippen LogP contribution in [0.2, 0.25) is 0 Å². The Kier molecular flexibility index (Phi) is 4.61. The van der Waals surface area contributed by atoms with Crippen LogP contribution < -0.4 is 5.73 Å². The van der Waals surface area contributed by atoms with Gasteiger partial charge in [-0.2, -0.15) is 0 Å². The number of rotatable bonds is 2. The van der Waals surface area contributed by atoms with Crippen LogP contribution in [0, 0.1) is 0 Å². The average molecular weight is 258 g/mol. The SMILES string of the molecule is CC(O)CC1(N)CCN(C(=O)OC(C)(C)C)CC1. The zero-order valence-electron chi connectivity index (χ0n) is 11.9. The third kappa shape index (κ3) is 4.82. The largest absolute Gasteiger partial charge is 0.444 e. The Balaban J connectivity index is 2.46. The molecule has 1 heterocycles. The fourth-order valence-corrected chi connectivity index (χ4v) is 2.25. The summed E-state index contributed by atoms with van der Waals surface area (Å²) in [4.78, 5) is 13.6. The van der Waals surface area contributed by atoms with Gasteiger partial charge in [0.05, 0.1) is 6.10 Å². The van der Waals surface area contributed by atoms with Crippen LogP contribution in [0.1, 0.15) is 47.0 Å². The van der Waals surface area contributed by atoms with Gasteiger partial charge in [-0.25, -0.2) is 4.79 Å². The number of ether oxygens (including phenoxy) is 1. The van der Waals surface area contributed by atoms with Crippen molar-refractivity contribution in [2.45, 2.75) is 64.2 Å². The molecule has 1 aliphatic heterocycles. The van der Waals surface area contributed by atoms with Crippen molar-refractivity contribution >= 4 is 6.09 Å². The van der Waals surface area contributed by atoms with E-state index in [-0.39, 0.29) is 11.6 Å². The van der Waals surface area contributed by atoms with Crippen molar-refractivity contribution in [1.29, 1.82) is 0 Å². The van der Waals surface area contributed by atoms with Crippen molar-refractivity contribution in [2.75, 3.05) is 13.1 Å². The lowest BCUT2D eigenvalue weighted by atomic mass is 9.84. The number of likely N-dealkylation sites (tertiary alicyclic amines) is 1. The Hall–Kier alpha value is -0.810. The molecule has 0 aromatic heterocycles. The molecular formula is C13H26N2O3. The molecule has 3 N–H and O–H groups in total.